The van der Waals surface area contributed by atoms with Gasteiger partial charge in [-0.1, -0.05) is 19.8 Å². The first-order chi connectivity index (χ1) is 9.20. The molecule has 0 saturated heterocycles. The zero-order valence-electron chi connectivity index (χ0n) is 10.7. The van der Waals surface area contributed by atoms with E-state index in [9.17, 15) is 39.5 Å². The lowest BCUT2D eigenvalue weighted by Gasteiger charge is -2.32. The third-order valence-electron chi connectivity index (χ3n) is 2.53. The van der Waals surface area contributed by atoms with E-state index in [4.69, 9.17) is 0 Å². The molecule has 0 nitrogen and oxygen atoms in total. The molecule has 0 N–H and O–H groups in total. The summed E-state index contributed by atoms with van der Waals surface area (Å²) in [7, 11) is 0. The van der Waals surface area contributed by atoms with E-state index in [1.54, 1.807) is 6.92 Å². The van der Waals surface area contributed by atoms with Crippen molar-refractivity contribution in [2.75, 3.05) is 0 Å². The van der Waals surface area contributed by atoms with Crippen LogP contribution in [0.5, 0.6) is 0 Å². The molecule has 21 heavy (non-hydrogen) atoms. The second-order valence-electron chi connectivity index (χ2n) is 4.32. The van der Waals surface area contributed by atoms with E-state index in [0.717, 1.165) is 0 Å². The number of hydrogen-bond donors (Lipinski definition) is 0. The van der Waals surface area contributed by atoms with Gasteiger partial charge in [-0.15, -0.1) is 0 Å². The van der Waals surface area contributed by atoms with E-state index >= 15 is 0 Å². The normalized spacial score (nSPS) is 15.5. The monoisotopic (exact) mass is 442 g/mol. The third-order valence-corrected chi connectivity index (χ3v) is 3.38. The van der Waals surface area contributed by atoms with Crippen molar-refractivity contribution in [3.8, 4) is 0 Å². The van der Waals surface area contributed by atoms with Crippen LogP contribution in [0.1, 0.15) is 32.6 Å². The number of hydrogen-bond acceptors (Lipinski definition) is 0. The maximum atomic E-state index is 13.2. The molecular formula is C11H12F9I. The van der Waals surface area contributed by atoms with Gasteiger partial charge in [0.05, 0.1) is 0 Å². The van der Waals surface area contributed by atoms with E-state index < -0.39 is 33.6 Å². The van der Waals surface area contributed by atoms with Crippen LogP contribution in [0, 0.1) is 0 Å². The first kappa shape index (κ1) is 20.8. The Bertz CT molecular complexity index is 370. The quantitative estimate of drug-likeness (QED) is 0.245. The highest BCUT2D eigenvalue weighted by molar-refractivity contribution is 14.1. The van der Waals surface area contributed by atoms with Crippen molar-refractivity contribution in [3.63, 3.8) is 0 Å². The molecule has 0 aromatic heterocycles. The van der Waals surface area contributed by atoms with Gasteiger partial charge in [-0.3, -0.25) is 0 Å². The van der Waals surface area contributed by atoms with Crippen molar-refractivity contribution in [3.05, 3.63) is 9.66 Å². The Morgan fingerprint density at radius 1 is 0.857 bits per heavy atom. The molecule has 0 saturated carbocycles. The minimum absolute atomic E-state index is 0.0995. The summed E-state index contributed by atoms with van der Waals surface area (Å²) in [5.74, 6) is -19.0. The summed E-state index contributed by atoms with van der Waals surface area (Å²) in [5, 5.41) is 0. The molecule has 0 radical (unpaired) electrons. The van der Waals surface area contributed by atoms with Gasteiger partial charge in [0.15, 0.2) is 0 Å². The molecule has 0 spiro atoms. The molecule has 0 aliphatic rings. The van der Waals surface area contributed by atoms with Crippen LogP contribution in [-0.2, 0) is 0 Å². The molecule has 10 heteroatoms. The Balaban J connectivity index is 5.34. The molecule has 0 atom stereocenters. The second-order valence-corrected chi connectivity index (χ2v) is 5.70. The molecule has 0 amide bonds. The van der Waals surface area contributed by atoms with Gasteiger partial charge in [0.25, 0.3) is 0 Å². The van der Waals surface area contributed by atoms with Crippen molar-refractivity contribution in [1.29, 1.82) is 0 Å². The molecule has 0 aromatic rings. The van der Waals surface area contributed by atoms with E-state index in [1.807, 2.05) is 0 Å². The minimum Gasteiger partial charge on any atom is -0.195 e. The highest BCUT2D eigenvalue weighted by atomic mass is 127. The summed E-state index contributed by atoms with van der Waals surface area (Å²) in [4.78, 5) is 0. The maximum Gasteiger partial charge on any atom is 0.460 e. The summed E-state index contributed by atoms with van der Waals surface area (Å²) >= 11 is 1.22. The molecule has 0 bridgehead atoms. The molecule has 0 fully saturated rings. The lowest BCUT2D eigenvalue weighted by atomic mass is 10.0. The third kappa shape index (κ3) is 4.65. The van der Waals surface area contributed by atoms with Crippen LogP contribution in [0.4, 0.5) is 39.5 Å². The molecule has 0 heterocycles. The van der Waals surface area contributed by atoms with E-state index in [2.05, 4.69) is 0 Å². The van der Waals surface area contributed by atoms with Crippen molar-refractivity contribution >= 4 is 22.6 Å². The van der Waals surface area contributed by atoms with Crippen LogP contribution in [0.2, 0.25) is 0 Å². The van der Waals surface area contributed by atoms with Gasteiger partial charge in [-0.25, -0.2) is 0 Å². The van der Waals surface area contributed by atoms with Gasteiger partial charge in [0.2, 0.25) is 0 Å². The number of unbranched alkanes of at least 4 members (excludes halogenated alkanes) is 2. The van der Waals surface area contributed by atoms with Gasteiger partial charge in [0.1, 0.15) is 0 Å². The van der Waals surface area contributed by atoms with Gasteiger partial charge in [-0.2, -0.15) is 39.5 Å². The van der Waals surface area contributed by atoms with Crippen LogP contribution in [0.25, 0.3) is 0 Å². The number of alkyl halides is 9. The van der Waals surface area contributed by atoms with Gasteiger partial charge in [0, 0.05) is 6.08 Å². The Kier molecular flexibility index (Phi) is 6.89. The first-order valence-corrected chi connectivity index (χ1v) is 6.86. The average Bonchev–Trinajstić information content (AvgIpc) is 2.26. The lowest BCUT2D eigenvalue weighted by Crippen LogP contribution is -2.60. The summed E-state index contributed by atoms with van der Waals surface area (Å²) in [6.07, 6.45) is -5.78. The topological polar surface area (TPSA) is 0 Å². The molecule has 0 unspecified atom stereocenters. The molecule has 126 valence electrons. The van der Waals surface area contributed by atoms with Crippen molar-refractivity contribution < 1.29 is 39.5 Å². The first-order valence-electron chi connectivity index (χ1n) is 5.78. The molecule has 0 aliphatic carbocycles. The van der Waals surface area contributed by atoms with Crippen LogP contribution >= 0.6 is 22.6 Å². The minimum atomic E-state index is -6.83. The van der Waals surface area contributed by atoms with E-state index in [1.165, 1.54) is 22.6 Å². The highest BCUT2D eigenvalue weighted by Crippen LogP contribution is 2.53. The van der Waals surface area contributed by atoms with E-state index in [-0.39, 0.29) is 6.42 Å². The summed E-state index contributed by atoms with van der Waals surface area (Å²) in [6.45, 7) is 1.78. The average molecular weight is 442 g/mol. The number of halogens is 10. The van der Waals surface area contributed by atoms with Crippen molar-refractivity contribution in [1.82, 2.24) is 0 Å². The van der Waals surface area contributed by atoms with Gasteiger partial charge >= 0.3 is 23.9 Å². The molecule has 0 aromatic carbocycles. The van der Waals surface area contributed by atoms with Crippen LogP contribution < -0.4 is 0 Å². The van der Waals surface area contributed by atoms with Gasteiger partial charge in [-0.05, 0) is 39.0 Å². The fraction of sp³-hybridized carbons (Fsp3) is 0.818. The predicted octanol–water partition coefficient (Wildman–Crippen LogP) is 6.35. The highest BCUT2D eigenvalue weighted by Gasteiger charge is 2.81. The van der Waals surface area contributed by atoms with Crippen molar-refractivity contribution in [2.45, 2.75) is 56.6 Å². The van der Waals surface area contributed by atoms with E-state index in [0.29, 0.717) is 19.3 Å². The fourth-order valence-corrected chi connectivity index (χ4v) is 2.06. The fourth-order valence-electron chi connectivity index (χ4n) is 1.29. The molecular weight excluding hydrogens is 430 g/mol. The standard InChI is InChI=1S/C11H12F9I/c1-2-3-4-5-7(21)6-8(12,13)9(14,15)10(16,17)11(18,19)20/h6H,2-5H2,1H3. The number of rotatable bonds is 7. The predicted molar refractivity (Wildman–Crippen MR) is 67.1 cm³/mol. The Hall–Kier alpha value is -0.160. The summed E-state index contributed by atoms with van der Waals surface area (Å²) < 4.78 is 113. The maximum absolute atomic E-state index is 13.2. The zero-order valence-corrected chi connectivity index (χ0v) is 12.8. The SMILES string of the molecule is CCCCCC(I)=CC(F)(F)C(F)(F)C(F)(F)C(F)(F)F. The van der Waals surface area contributed by atoms with Crippen LogP contribution in [0.15, 0.2) is 9.66 Å². The Morgan fingerprint density at radius 2 is 1.33 bits per heavy atom. The smallest absolute Gasteiger partial charge is 0.195 e. The van der Waals surface area contributed by atoms with Crippen LogP contribution in [0.3, 0.4) is 0 Å². The molecule has 0 aliphatic heterocycles. The molecule has 0 rings (SSSR count). The number of allylic oxidation sites excluding steroid dienone is 2. The van der Waals surface area contributed by atoms with Gasteiger partial charge < -0.3 is 0 Å². The lowest BCUT2D eigenvalue weighted by molar-refractivity contribution is -0.388. The largest absolute Gasteiger partial charge is 0.460 e. The van der Waals surface area contributed by atoms with Crippen LogP contribution in [-0.4, -0.2) is 23.9 Å². The Morgan fingerprint density at radius 3 is 1.71 bits per heavy atom. The summed E-state index contributed by atoms with van der Waals surface area (Å²) in [5.41, 5.74) is 0. The Labute approximate surface area is 128 Å². The summed E-state index contributed by atoms with van der Waals surface area (Å²) in [6, 6.07) is 0. The zero-order chi connectivity index (χ0) is 17.1. The second kappa shape index (κ2) is 6.95. The van der Waals surface area contributed by atoms with Crippen molar-refractivity contribution in [2.24, 2.45) is 0 Å².